The van der Waals surface area contributed by atoms with Crippen LogP contribution in [-0.4, -0.2) is 28.6 Å². The largest absolute Gasteiger partial charge is 0.369 e. The summed E-state index contributed by atoms with van der Waals surface area (Å²) in [5.74, 6) is 0. The predicted molar refractivity (Wildman–Crippen MR) is 126 cm³/mol. The van der Waals surface area contributed by atoms with Gasteiger partial charge < -0.3 is 18.8 Å². The summed E-state index contributed by atoms with van der Waals surface area (Å²) in [4.78, 5) is 4.13. The fourth-order valence-corrected chi connectivity index (χ4v) is 4.26. The van der Waals surface area contributed by atoms with Gasteiger partial charge in [-0.2, -0.15) is 0 Å². The zero-order valence-electron chi connectivity index (χ0n) is 17.5. The second-order valence-corrected chi connectivity index (χ2v) is 9.08. The van der Waals surface area contributed by atoms with Crippen LogP contribution >= 0.6 is 34.8 Å². The zero-order valence-corrected chi connectivity index (χ0v) is 19.8. The van der Waals surface area contributed by atoms with Crippen molar-refractivity contribution in [1.82, 2.24) is 9.55 Å². The van der Waals surface area contributed by atoms with Crippen molar-refractivity contribution in [2.24, 2.45) is 0 Å². The van der Waals surface area contributed by atoms with Crippen LogP contribution in [0.2, 0.25) is 15.1 Å². The number of halogens is 3. The van der Waals surface area contributed by atoms with E-state index >= 15 is 0 Å². The lowest BCUT2D eigenvalue weighted by Crippen LogP contribution is -2.33. The van der Waals surface area contributed by atoms with Crippen molar-refractivity contribution < 1.29 is 14.2 Å². The van der Waals surface area contributed by atoms with Crippen molar-refractivity contribution in [3.8, 4) is 0 Å². The second kappa shape index (κ2) is 11.5. The van der Waals surface area contributed by atoms with Crippen molar-refractivity contribution in [3.63, 3.8) is 0 Å². The lowest BCUT2D eigenvalue weighted by atomic mass is 10.1. The molecule has 5 nitrogen and oxygen atoms in total. The molecular formula is C24H25Cl3N2O3. The molecule has 2 aromatic carbocycles. The van der Waals surface area contributed by atoms with Gasteiger partial charge in [0, 0.05) is 27.5 Å². The van der Waals surface area contributed by atoms with Gasteiger partial charge in [-0.15, -0.1) is 0 Å². The molecule has 1 aliphatic rings. The van der Waals surface area contributed by atoms with E-state index in [1.54, 1.807) is 18.6 Å². The lowest BCUT2D eigenvalue weighted by molar-refractivity contribution is -0.213. The Balaban J connectivity index is 1.32. The van der Waals surface area contributed by atoms with E-state index in [-0.39, 0.29) is 18.5 Å². The van der Waals surface area contributed by atoms with E-state index in [0.717, 1.165) is 30.4 Å². The monoisotopic (exact) mass is 494 g/mol. The van der Waals surface area contributed by atoms with E-state index in [1.807, 2.05) is 47.2 Å². The average molecular weight is 496 g/mol. The number of rotatable bonds is 9. The minimum absolute atomic E-state index is 0.0352. The standard InChI is InChI=1S/C24H25Cl3N2O3/c25-19-7-4-17(5-8-19)23(13-29-11-10-28-16-29)30-15-21-2-1-3-24(32-21)31-14-18-6-9-20(26)12-22(18)27/h4-12,16,21,23-24H,1-3,13-15H2. The van der Waals surface area contributed by atoms with E-state index in [2.05, 4.69) is 4.98 Å². The van der Waals surface area contributed by atoms with E-state index < -0.39 is 0 Å². The number of ether oxygens (including phenoxy) is 3. The molecule has 8 heteroatoms. The fraction of sp³-hybridized carbons (Fsp3) is 0.375. The van der Waals surface area contributed by atoms with E-state index in [9.17, 15) is 0 Å². The molecule has 3 unspecified atom stereocenters. The normalized spacial score (nSPS) is 19.7. The number of aromatic nitrogens is 2. The molecule has 2 heterocycles. The third-order valence-electron chi connectivity index (χ3n) is 5.41. The first-order valence-corrected chi connectivity index (χ1v) is 11.7. The van der Waals surface area contributed by atoms with Crippen LogP contribution in [0.3, 0.4) is 0 Å². The number of nitrogens with zero attached hydrogens (tertiary/aromatic N) is 2. The summed E-state index contributed by atoms with van der Waals surface area (Å²) in [6.45, 7) is 1.51. The van der Waals surface area contributed by atoms with Gasteiger partial charge in [-0.1, -0.05) is 53.0 Å². The lowest BCUT2D eigenvalue weighted by Gasteiger charge is -2.31. The molecule has 0 spiro atoms. The number of benzene rings is 2. The predicted octanol–water partition coefficient (Wildman–Crippen LogP) is 6.71. The highest BCUT2D eigenvalue weighted by Gasteiger charge is 2.25. The van der Waals surface area contributed by atoms with Gasteiger partial charge in [-0.25, -0.2) is 4.98 Å². The van der Waals surface area contributed by atoms with Crippen LogP contribution in [-0.2, 0) is 27.4 Å². The molecule has 1 fully saturated rings. The molecule has 0 bridgehead atoms. The number of hydrogen-bond acceptors (Lipinski definition) is 4. The molecular weight excluding hydrogens is 471 g/mol. The SMILES string of the molecule is Clc1ccc(C(Cn2ccnc2)OCC2CCCC(OCc3ccc(Cl)cc3Cl)O2)cc1. The maximum Gasteiger partial charge on any atom is 0.158 e. The van der Waals surface area contributed by atoms with Crippen molar-refractivity contribution in [3.05, 3.63) is 87.4 Å². The van der Waals surface area contributed by atoms with Gasteiger partial charge in [0.05, 0.1) is 32.2 Å². The molecule has 3 aromatic rings. The topological polar surface area (TPSA) is 45.5 Å². The molecule has 32 heavy (non-hydrogen) atoms. The molecule has 0 radical (unpaired) electrons. The van der Waals surface area contributed by atoms with E-state index in [1.165, 1.54) is 0 Å². The number of hydrogen-bond donors (Lipinski definition) is 0. The van der Waals surface area contributed by atoms with Gasteiger partial charge in [0.25, 0.3) is 0 Å². The second-order valence-electron chi connectivity index (χ2n) is 7.80. The van der Waals surface area contributed by atoms with E-state index in [4.69, 9.17) is 49.0 Å². The maximum absolute atomic E-state index is 6.32. The Kier molecular flexibility index (Phi) is 8.47. The molecule has 170 valence electrons. The third-order valence-corrected chi connectivity index (χ3v) is 6.25. The summed E-state index contributed by atoms with van der Waals surface area (Å²) < 4.78 is 20.5. The Bertz CT molecular complexity index is 983. The molecule has 4 rings (SSSR count). The minimum atomic E-state index is -0.285. The van der Waals surface area contributed by atoms with Crippen LogP contribution in [0.5, 0.6) is 0 Å². The van der Waals surface area contributed by atoms with Gasteiger partial charge in [-0.3, -0.25) is 0 Å². The minimum Gasteiger partial charge on any atom is -0.369 e. The van der Waals surface area contributed by atoms with Gasteiger partial charge in [0.2, 0.25) is 0 Å². The van der Waals surface area contributed by atoms with Crippen LogP contribution in [0.25, 0.3) is 0 Å². The van der Waals surface area contributed by atoms with Gasteiger partial charge >= 0.3 is 0 Å². The Morgan fingerprint density at radius 3 is 2.62 bits per heavy atom. The highest BCUT2D eigenvalue weighted by Crippen LogP contribution is 2.27. The average Bonchev–Trinajstić information content (AvgIpc) is 3.30. The summed E-state index contributed by atoms with van der Waals surface area (Å²) in [5, 5.41) is 1.90. The Morgan fingerprint density at radius 2 is 1.88 bits per heavy atom. The number of imidazole rings is 1. The van der Waals surface area contributed by atoms with E-state index in [0.29, 0.717) is 34.8 Å². The fourth-order valence-electron chi connectivity index (χ4n) is 3.67. The Hall–Kier alpha value is -1.60. The molecule has 1 saturated heterocycles. The first kappa shape index (κ1) is 23.6. The van der Waals surface area contributed by atoms with Crippen LogP contribution in [0, 0.1) is 0 Å². The third kappa shape index (κ3) is 6.70. The molecule has 0 amide bonds. The highest BCUT2D eigenvalue weighted by atomic mass is 35.5. The van der Waals surface area contributed by atoms with Crippen molar-refractivity contribution in [2.75, 3.05) is 6.61 Å². The summed E-state index contributed by atoms with van der Waals surface area (Å²) in [5.41, 5.74) is 1.95. The van der Waals surface area contributed by atoms with Crippen LogP contribution < -0.4 is 0 Å². The summed E-state index contributed by atoms with van der Waals surface area (Å²) >= 11 is 18.3. The Labute approximate surface area is 203 Å². The van der Waals surface area contributed by atoms with Crippen molar-refractivity contribution in [2.45, 2.75) is 50.9 Å². The Morgan fingerprint density at radius 1 is 1.06 bits per heavy atom. The van der Waals surface area contributed by atoms with Gasteiger partial charge in [-0.05, 0) is 54.7 Å². The van der Waals surface area contributed by atoms with Crippen LogP contribution in [0.15, 0.2) is 61.2 Å². The molecule has 3 atom stereocenters. The molecule has 0 saturated carbocycles. The molecule has 1 aliphatic heterocycles. The summed E-state index contributed by atoms with van der Waals surface area (Å²) in [6.07, 6.45) is 7.80. The zero-order chi connectivity index (χ0) is 22.3. The summed E-state index contributed by atoms with van der Waals surface area (Å²) in [7, 11) is 0. The maximum atomic E-state index is 6.32. The van der Waals surface area contributed by atoms with Gasteiger partial charge in [0.1, 0.15) is 6.10 Å². The molecule has 0 N–H and O–H groups in total. The summed E-state index contributed by atoms with van der Waals surface area (Å²) in [6, 6.07) is 13.1. The molecule has 1 aromatic heterocycles. The van der Waals surface area contributed by atoms with Crippen LogP contribution in [0.4, 0.5) is 0 Å². The van der Waals surface area contributed by atoms with Crippen LogP contribution in [0.1, 0.15) is 36.5 Å². The molecule has 0 aliphatic carbocycles. The van der Waals surface area contributed by atoms with Crippen molar-refractivity contribution in [1.29, 1.82) is 0 Å². The highest BCUT2D eigenvalue weighted by molar-refractivity contribution is 6.35. The van der Waals surface area contributed by atoms with Crippen molar-refractivity contribution >= 4 is 34.8 Å². The smallest absolute Gasteiger partial charge is 0.158 e. The first-order valence-electron chi connectivity index (χ1n) is 10.6. The quantitative estimate of drug-likeness (QED) is 0.331. The first-order chi connectivity index (χ1) is 15.6. The van der Waals surface area contributed by atoms with Gasteiger partial charge in [0.15, 0.2) is 6.29 Å².